The number of Topliss-reactive ketones (excluding diaryl/α,β-unsaturated/α-hetero) is 1. The Labute approximate surface area is 88.7 Å². The van der Waals surface area contributed by atoms with E-state index >= 15 is 0 Å². The molecule has 0 aliphatic carbocycles. The van der Waals surface area contributed by atoms with Gasteiger partial charge in [0, 0.05) is 17.5 Å². The van der Waals surface area contributed by atoms with Crippen LogP contribution in [0.5, 0.6) is 11.5 Å². The lowest BCUT2D eigenvalue weighted by Crippen LogP contribution is -2.24. The zero-order chi connectivity index (χ0) is 11.2. The molecule has 0 aromatic heterocycles. The average Bonchev–Trinajstić information content (AvgIpc) is 2.39. The van der Waals surface area contributed by atoms with Crippen molar-refractivity contribution in [1.29, 1.82) is 0 Å². The molecule has 1 heterocycles. The molecule has 1 aromatic rings. The van der Waals surface area contributed by atoms with Gasteiger partial charge in [-0.3, -0.25) is 4.79 Å². The molecule has 1 aliphatic heterocycles. The van der Waals surface area contributed by atoms with Crippen molar-refractivity contribution in [2.75, 3.05) is 0 Å². The fourth-order valence-corrected chi connectivity index (χ4v) is 1.90. The van der Waals surface area contributed by atoms with Crippen molar-refractivity contribution in [3.05, 3.63) is 23.3 Å². The number of phenols is 1. The number of benzene rings is 1. The van der Waals surface area contributed by atoms with Crippen LogP contribution in [0.2, 0.25) is 0 Å². The molecule has 0 unspecified atom stereocenters. The summed E-state index contributed by atoms with van der Waals surface area (Å²) in [6.45, 7) is 5.40. The second-order valence-electron chi connectivity index (χ2n) is 4.58. The molecular weight excluding hydrogens is 192 g/mol. The Morgan fingerprint density at radius 1 is 1.47 bits per heavy atom. The van der Waals surface area contributed by atoms with Gasteiger partial charge in [0.05, 0.1) is 0 Å². The molecule has 0 spiro atoms. The smallest absolute Gasteiger partial charge is 0.165 e. The highest BCUT2D eigenvalue weighted by atomic mass is 16.5. The number of ketones is 1. The second kappa shape index (κ2) is 2.99. The Balaban J connectivity index is 2.51. The van der Waals surface area contributed by atoms with Crippen LogP contribution in [0.3, 0.4) is 0 Å². The first-order chi connectivity index (χ1) is 6.89. The maximum atomic E-state index is 11.2. The van der Waals surface area contributed by atoms with Crippen molar-refractivity contribution < 1.29 is 14.6 Å². The molecule has 1 aromatic carbocycles. The monoisotopic (exact) mass is 206 g/mol. The third-order valence-corrected chi connectivity index (χ3v) is 2.55. The molecule has 80 valence electrons. The summed E-state index contributed by atoms with van der Waals surface area (Å²) < 4.78 is 5.60. The quantitative estimate of drug-likeness (QED) is 0.717. The summed E-state index contributed by atoms with van der Waals surface area (Å²) in [6.07, 6.45) is 0.719. The summed E-state index contributed by atoms with van der Waals surface area (Å²) in [6, 6.07) is 3.26. The highest BCUT2D eigenvalue weighted by molar-refractivity contribution is 5.95. The zero-order valence-corrected chi connectivity index (χ0v) is 9.13. The highest BCUT2D eigenvalue weighted by Crippen LogP contribution is 2.42. The van der Waals surface area contributed by atoms with Gasteiger partial charge in [0.2, 0.25) is 0 Å². The van der Waals surface area contributed by atoms with E-state index in [4.69, 9.17) is 4.74 Å². The molecular formula is C12H14O3. The summed E-state index contributed by atoms with van der Waals surface area (Å²) in [5.74, 6) is 0.533. The molecule has 0 saturated heterocycles. The van der Waals surface area contributed by atoms with Crippen LogP contribution in [0.1, 0.15) is 36.7 Å². The molecule has 15 heavy (non-hydrogen) atoms. The Morgan fingerprint density at radius 3 is 2.73 bits per heavy atom. The van der Waals surface area contributed by atoms with E-state index in [1.54, 1.807) is 6.07 Å². The summed E-state index contributed by atoms with van der Waals surface area (Å²) in [4.78, 5) is 11.2. The average molecular weight is 206 g/mol. The summed E-state index contributed by atoms with van der Waals surface area (Å²) in [5.41, 5.74) is 1.15. The largest absolute Gasteiger partial charge is 0.504 e. The van der Waals surface area contributed by atoms with E-state index < -0.39 is 0 Å². The van der Waals surface area contributed by atoms with Crippen LogP contribution in [0.15, 0.2) is 12.1 Å². The lowest BCUT2D eigenvalue weighted by atomic mass is 9.99. The molecule has 0 fully saturated rings. The van der Waals surface area contributed by atoms with E-state index in [9.17, 15) is 9.90 Å². The minimum atomic E-state index is -0.296. The fourth-order valence-electron chi connectivity index (χ4n) is 1.90. The fraction of sp³-hybridized carbons (Fsp3) is 0.417. The molecule has 0 atom stereocenters. The van der Waals surface area contributed by atoms with Crippen LogP contribution in [-0.4, -0.2) is 16.5 Å². The van der Waals surface area contributed by atoms with Gasteiger partial charge in [0.1, 0.15) is 5.60 Å². The minimum absolute atomic E-state index is 0.0437. The maximum Gasteiger partial charge on any atom is 0.165 e. The van der Waals surface area contributed by atoms with E-state index in [1.165, 1.54) is 13.0 Å². The molecule has 1 aliphatic rings. The van der Waals surface area contributed by atoms with E-state index in [-0.39, 0.29) is 17.1 Å². The van der Waals surface area contributed by atoms with Crippen LogP contribution >= 0.6 is 0 Å². The number of ether oxygens (including phenoxy) is 1. The number of carbonyl (C=O) groups excluding carboxylic acids is 1. The van der Waals surface area contributed by atoms with E-state index in [2.05, 4.69) is 0 Å². The molecule has 0 saturated carbocycles. The van der Waals surface area contributed by atoms with E-state index in [1.807, 2.05) is 13.8 Å². The van der Waals surface area contributed by atoms with E-state index in [0.29, 0.717) is 11.3 Å². The third kappa shape index (κ3) is 1.69. The predicted molar refractivity (Wildman–Crippen MR) is 56.5 cm³/mol. The van der Waals surface area contributed by atoms with Crippen molar-refractivity contribution in [3.63, 3.8) is 0 Å². The zero-order valence-electron chi connectivity index (χ0n) is 9.13. The lowest BCUT2D eigenvalue weighted by Gasteiger charge is -2.17. The van der Waals surface area contributed by atoms with Crippen molar-refractivity contribution in [2.45, 2.75) is 32.8 Å². The molecule has 0 bridgehead atoms. The van der Waals surface area contributed by atoms with Crippen molar-refractivity contribution in [3.8, 4) is 11.5 Å². The normalized spacial score (nSPS) is 17.0. The molecule has 3 heteroatoms. The number of rotatable bonds is 1. The van der Waals surface area contributed by atoms with Crippen molar-refractivity contribution >= 4 is 5.78 Å². The van der Waals surface area contributed by atoms with Crippen molar-refractivity contribution in [1.82, 2.24) is 0 Å². The van der Waals surface area contributed by atoms with Gasteiger partial charge in [-0.1, -0.05) is 0 Å². The topological polar surface area (TPSA) is 46.5 Å². The number of aromatic hydroxyl groups is 1. The predicted octanol–water partition coefficient (Wildman–Crippen LogP) is 2.31. The SMILES string of the molecule is CC(=O)c1cc(O)c2c(c1)CC(C)(C)O2. The number of carbonyl (C=O) groups is 1. The molecule has 0 radical (unpaired) electrons. The molecule has 2 rings (SSSR count). The standard InChI is InChI=1S/C12H14O3/c1-7(13)8-4-9-6-12(2,3)15-11(9)10(14)5-8/h4-5,14H,6H2,1-3H3. The highest BCUT2D eigenvalue weighted by Gasteiger charge is 2.32. The third-order valence-electron chi connectivity index (χ3n) is 2.55. The molecule has 3 nitrogen and oxygen atoms in total. The summed E-state index contributed by atoms with van der Waals surface area (Å²) in [5, 5.41) is 9.72. The van der Waals surface area contributed by atoms with Gasteiger partial charge in [0.15, 0.2) is 17.3 Å². The van der Waals surface area contributed by atoms with Gasteiger partial charge in [0.25, 0.3) is 0 Å². The number of hydrogen-bond acceptors (Lipinski definition) is 3. The van der Waals surface area contributed by atoms with Crippen LogP contribution in [0.4, 0.5) is 0 Å². The maximum absolute atomic E-state index is 11.2. The van der Waals surface area contributed by atoms with Crippen LogP contribution in [-0.2, 0) is 6.42 Å². The first-order valence-electron chi connectivity index (χ1n) is 4.95. The Morgan fingerprint density at radius 2 is 2.13 bits per heavy atom. The minimum Gasteiger partial charge on any atom is -0.504 e. The van der Waals surface area contributed by atoms with Gasteiger partial charge in [-0.2, -0.15) is 0 Å². The van der Waals surface area contributed by atoms with Gasteiger partial charge in [-0.05, 0) is 32.9 Å². The Bertz CT molecular complexity index is 433. The lowest BCUT2D eigenvalue weighted by molar-refractivity contribution is 0.101. The Kier molecular flexibility index (Phi) is 2.00. The number of fused-ring (bicyclic) bond motifs is 1. The molecule has 0 amide bonds. The van der Waals surface area contributed by atoms with Gasteiger partial charge in [-0.15, -0.1) is 0 Å². The van der Waals surface area contributed by atoms with Gasteiger partial charge >= 0.3 is 0 Å². The number of phenolic OH excluding ortho intramolecular Hbond substituents is 1. The van der Waals surface area contributed by atoms with Crippen LogP contribution in [0, 0.1) is 0 Å². The summed E-state index contributed by atoms with van der Waals surface area (Å²) in [7, 11) is 0. The molecule has 1 N–H and O–H groups in total. The van der Waals surface area contributed by atoms with Gasteiger partial charge < -0.3 is 9.84 Å². The second-order valence-corrected chi connectivity index (χ2v) is 4.58. The number of hydrogen-bond donors (Lipinski definition) is 1. The van der Waals surface area contributed by atoms with Crippen LogP contribution in [0.25, 0.3) is 0 Å². The summed E-state index contributed by atoms with van der Waals surface area (Å²) >= 11 is 0. The first kappa shape index (κ1) is 10.0. The van der Waals surface area contributed by atoms with Crippen molar-refractivity contribution in [2.24, 2.45) is 0 Å². The van der Waals surface area contributed by atoms with Crippen LogP contribution < -0.4 is 4.74 Å². The Hall–Kier alpha value is -1.51. The van der Waals surface area contributed by atoms with Gasteiger partial charge in [-0.25, -0.2) is 0 Å². The van der Waals surface area contributed by atoms with E-state index in [0.717, 1.165) is 12.0 Å². The first-order valence-corrected chi connectivity index (χ1v) is 4.95.